The average Bonchev–Trinajstić information content (AvgIpc) is 3.07. The summed E-state index contributed by atoms with van der Waals surface area (Å²) >= 11 is 0. The van der Waals surface area contributed by atoms with Crippen LogP contribution in [0, 0.1) is 13.8 Å². The third-order valence-electron chi connectivity index (χ3n) is 4.19. The molecule has 1 amide bonds. The van der Waals surface area contributed by atoms with Crippen molar-refractivity contribution in [3.8, 4) is 0 Å². The Bertz CT molecular complexity index is 856. The highest BCUT2D eigenvalue weighted by atomic mass is 16.5. The lowest BCUT2D eigenvalue weighted by atomic mass is 10.0. The number of hydrogen-bond donors (Lipinski definition) is 0. The molecule has 0 saturated heterocycles. The molecule has 0 unspecified atom stereocenters. The summed E-state index contributed by atoms with van der Waals surface area (Å²) in [6.07, 6.45) is 1.51. The third kappa shape index (κ3) is 2.70. The summed E-state index contributed by atoms with van der Waals surface area (Å²) in [7, 11) is 1.78. The Morgan fingerprint density at radius 2 is 2.04 bits per heavy atom. The van der Waals surface area contributed by atoms with Crippen LogP contribution in [0.2, 0.25) is 0 Å². The van der Waals surface area contributed by atoms with E-state index >= 15 is 0 Å². The summed E-state index contributed by atoms with van der Waals surface area (Å²) < 4.78 is 4.88. The Morgan fingerprint density at radius 3 is 2.74 bits per heavy atom. The molecule has 1 aromatic carbocycles. The van der Waals surface area contributed by atoms with Gasteiger partial charge in [-0.1, -0.05) is 23.4 Å². The minimum Gasteiger partial charge on any atom is -0.364 e. The van der Waals surface area contributed by atoms with Gasteiger partial charge in [-0.3, -0.25) is 9.78 Å². The van der Waals surface area contributed by atoms with Crippen LogP contribution < -0.4 is 0 Å². The molecule has 0 saturated carbocycles. The predicted molar refractivity (Wildman–Crippen MR) is 88.2 cm³/mol. The molecule has 0 N–H and O–H groups in total. The molecule has 1 atom stereocenters. The first kappa shape index (κ1) is 15.2. The van der Waals surface area contributed by atoms with Crippen molar-refractivity contribution in [1.82, 2.24) is 15.0 Å². The van der Waals surface area contributed by atoms with Crippen LogP contribution in [0.25, 0.3) is 10.9 Å². The highest BCUT2D eigenvalue weighted by Gasteiger charge is 2.23. The van der Waals surface area contributed by atoms with E-state index in [-0.39, 0.29) is 11.9 Å². The standard InChI is InChI=1S/C18H19N3O2/c1-11-6-5-7-14-15(10-12(2)19-17(11)14)18(22)21(4)13(3)16-8-9-23-20-16/h5-10,13H,1-4H3/t13-/m1/s1. The number of pyridine rings is 1. The van der Waals surface area contributed by atoms with Crippen LogP contribution in [-0.2, 0) is 0 Å². The number of amides is 1. The van der Waals surface area contributed by atoms with E-state index in [1.165, 1.54) is 6.26 Å². The SMILES string of the molecule is Cc1cc(C(=O)N(C)[C@H](C)c2ccon2)c2cccc(C)c2n1. The predicted octanol–water partition coefficient (Wildman–Crippen LogP) is 3.67. The molecule has 2 heterocycles. The second kappa shape index (κ2) is 5.83. The van der Waals surface area contributed by atoms with E-state index in [2.05, 4.69) is 10.1 Å². The van der Waals surface area contributed by atoms with Crippen molar-refractivity contribution in [3.05, 3.63) is 59.1 Å². The molecule has 0 aliphatic rings. The molecule has 0 bridgehead atoms. The Morgan fingerprint density at radius 1 is 1.26 bits per heavy atom. The molecule has 2 aromatic heterocycles. The lowest BCUT2D eigenvalue weighted by molar-refractivity contribution is 0.0739. The van der Waals surface area contributed by atoms with E-state index in [9.17, 15) is 4.79 Å². The molecule has 3 aromatic rings. The van der Waals surface area contributed by atoms with Crippen molar-refractivity contribution in [2.75, 3.05) is 7.05 Å². The fourth-order valence-electron chi connectivity index (χ4n) is 2.70. The molecule has 5 heteroatoms. The third-order valence-corrected chi connectivity index (χ3v) is 4.19. The molecule has 0 radical (unpaired) electrons. The number of carbonyl (C=O) groups is 1. The zero-order valence-electron chi connectivity index (χ0n) is 13.7. The summed E-state index contributed by atoms with van der Waals surface area (Å²) in [5, 5.41) is 4.80. The van der Waals surface area contributed by atoms with Crippen LogP contribution in [0.15, 0.2) is 41.1 Å². The summed E-state index contributed by atoms with van der Waals surface area (Å²) in [5.41, 5.74) is 4.16. The van der Waals surface area contributed by atoms with E-state index in [1.807, 2.05) is 45.0 Å². The van der Waals surface area contributed by atoms with Gasteiger partial charge in [-0.2, -0.15) is 0 Å². The fourth-order valence-corrected chi connectivity index (χ4v) is 2.70. The molecule has 118 valence electrons. The Balaban J connectivity index is 2.06. The van der Waals surface area contributed by atoms with Gasteiger partial charge in [0.1, 0.15) is 12.0 Å². The van der Waals surface area contributed by atoms with Gasteiger partial charge in [-0.05, 0) is 32.4 Å². The summed E-state index contributed by atoms with van der Waals surface area (Å²) in [6, 6.07) is 9.34. The van der Waals surface area contributed by atoms with Crippen molar-refractivity contribution in [2.45, 2.75) is 26.8 Å². The molecule has 23 heavy (non-hydrogen) atoms. The molecule has 0 aliphatic heterocycles. The van der Waals surface area contributed by atoms with Crippen LogP contribution in [0.4, 0.5) is 0 Å². The molecule has 0 spiro atoms. The van der Waals surface area contributed by atoms with Gasteiger partial charge in [-0.25, -0.2) is 0 Å². The molecule has 5 nitrogen and oxygen atoms in total. The molecule has 3 rings (SSSR count). The van der Waals surface area contributed by atoms with Crippen LogP contribution in [0.5, 0.6) is 0 Å². The van der Waals surface area contributed by atoms with Crippen LogP contribution in [-0.4, -0.2) is 28.0 Å². The first-order valence-electron chi connectivity index (χ1n) is 7.53. The van der Waals surface area contributed by atoms with Gasteiger partial charge in [0, 0.05) is 24.2 Å². The number of rotatable bonds is 3. The number of aryl methyl sites for hydroxylation is 2. The number of aromatic nitrogens is 2. The van der Waals surface area contributed by atoms with Crippen LogP contribution in [0.1, 0.15) is 40.3 Å². The number of carbonyl (C=O) groups excluding carboxylic acids is 1. The Kier molecular flexibility index (Phi) is 3.86. The van der Waals surface area contributed by atoms with Crippen molar-refractivity contribution < 1.29 is 9.32 Å². The van der Waals surface area contributed by atoms with Crippen LogP contribution in [0.3, 0.4) is 0 Å². The van der Waals surface area contributed by atoms with Gasteiger partial charge < -0.3 is 9.42 Å². The molecule has 0 fully saturated rings. The number of hydrogen-bond acceptors (Lipinski definition) is 4. The summed E-state index contributed by atoms with van der Waals surface area (Å²) in [5.74, 6) is -0.0541. The first-order valence-corrected chi connectivity index (χ1v) is 7.53. The second-order valence-electron chi connectivity index (χ2n) is 5.80. The number of nitrogens with zero attached hydrogens (tertiary/aromatic N) is 3. The smallest absolute Gasteiger partial charge is 0.254 e. The van der Waals surface area contributed by atoms with Gasteiger partial charge in [0.05, 0.1) is 17.1 Å². The topological polar surface area (TPSA) is 59.2 Å². The number of fused-ring (bicyclic) bond motifs is 1. The average molecular weight is 309 g/mol. The van der Waals surface area contributed by atoms with Crippen molar-refractivity contribution >= 4 is 16.8 Å². The summed E-state index contributed by atoms with van der Waals surface area (Å²) in [6.45, 7) is 5.84. The van der Waals surface area contributed by atoms with Gasteiger partial charge in [0.25, 0.3) is 5.91 Å². The maximum atomic E-state index is 13.0. The maximum absolute atomic E-state index is 13.0. The Hall–Kier alpha value is -2.69. The van der Waals surface area contributed by atoms with E-state index < -0.39 is 0 Å². The highest BCUT2D eigenvalue weighted by molar-refractivity contribution is 6.06. The van der Waals surface area contributed by atoms with Crippen molar-refractivity contribution in [3.63, 3.8) is 0 Å². The molecular formula is C18H19N3O2. The molecule has 0 aliphatic carbocycles. The number of para-hydroxylation sites is 1. The fraction of sp³-hybridized carbons (Fsp3) is 0.278. The summed E-state index contributed by atoms with van der Waals surface area (Å²) in [4.78, 5) is 19.2. The zero-order chi connectivity index (χ0) is 16.6. The monoisotopic (exact) mass is 309 g/mol. The number of benzene rings is 1. The second-order valence-corrected chi connectivity index (χ2v) is 5.80. The normalized spacial score (nSPS) is 12.3. The van der Waals surface area contributed by atoms with E-state index in [1.54, 1.807) is 18.0 Å². The lowest BCUT2D eigenvalue weighted by Crippen LogP contribution is -2.30. The van der Waals surface area contributed by atoms with Gasteiger partial charge in [0.15, 0.2) is 0 Å². The van der Waals surface area contributed by atoms with Crippen LogP contribution >= 0.6 is 0 Å². The van der Waals surface area contributed by atoms with E-state index in [0.717, 1.165) is 27.9 Å². The van der Waals surface area contributed by atoms with Gasteiger partial charge in [0.2, 0.25) is 0 Å². The van der Waals surface area contributed by atoms with E-state index in [0.29, 0.717) is 5.56 Å². The van der Waals surface area contributed by atoms with Crippen molar-refractivity contribution in [1.29, 1.82) is 0 Å². The van der Waals surface area contributed by atoms with Crippen molar-refractivity contribution in [2.24, 2.45) is 0 Å². The highest BCUT2D eigenvalue weighted by Crippen LogP contribution is 2.25. The van der Waals surface area contributed by atoms with E-state index in [4.69, 9.17) is 4.52 Å². The first-order chi connectivity index (χ1) is 11.0. The quantitative estimate of drug-likeness (QED) is 0.740. The lowest BCUT2D eigenvalue weighted by Gasteiger charge is -2.24. The minimum atomic E-state index is -0.172. The zero-order valence-corrected chi connectivity index (χ0v) is 13.7. The minimum absolute atomic E-state index is 0.0541. The Labute approximate surface area is 134 Å². The molecular weight excluding hydrogens is 290 g/mol. The largest absolute Gasteiger partial charge is 0.364 e. The maximum Gasteiger partial charge on any atom is 0.254 e. The van der Waals surface area contributed by atoms with Gasteiger partial charge in [-0.15, -0.1) is 0 Å². The van der Waals surface area contributed by atoms with Gasteiger partial charge >= 0.3 is 0 Å².